The maximum atomic E-state index is 12.8. The van der Waals surface area contributed by atoms with Crippen LogP contribution in [0.4, 0.5) is 0 Å². The standard InChI is InChI=1S/C20H13ClN6OS2/c21-15-9-5-4-8-13(15)14-10-29-19-17(14)18(28)22-16(23-19)11-30-20-24-25-26-27(20)12-6-2-1-3-7-12/h1-10H,11H2,(H,22,23,28). The number of nitrogens with one attached hydrogen (secondary N) is 1. The lowest BCUT2D eigenvalue weighted by Crippen LogP contribution is -2.11. The van der Waals surface area contributed by atoms with Gasteiger partial charge in [0.15, 0.2) is 0 Å². The van der Waals surface area contributed by atoms with Gasteiger partial charge in [0.05, 0.1) is 16.8 Å². The average molecular weight is 453 g/mol. The van der Waals surface area contributed by atoms with E-state index in [0.717, 1.165) is 16.8 Å². The maximum absolute atomic E-state index is 12.8. The molecule has 0 spiro atoms. The summed E-state index contributed by atoms with van der Waals surface area (Å²) in [6.45, 7) is 0. The van der Waals surface area contributed by atoms with Gasteiger partial charge in [0, 0.05) is 21.5 Å². The van der Waals surface area contributed by atoms with Gasteiger partial charge in [-0.05, 0) is 28.6 Å². The largest absolute Gasteiger partial charge is 0.309 e. The van der Waals surface area contributed by atoms with Crippen LogP contribution in [0.15, 0.2) is 69.9 Å². The Hall–Kier alpha value is -3.01. The number of thioether (sulfide) groups is 1. The molecule has 0 bridgehead atoms. The summed E-state index contributed by atoms with van der Waals surface area (Å²) in [6.07, 6.45) is 0. The molecular formula is C20H13ClN6OS2. The number of hydrogen-bond donors (Lipinski definition) is 1. The summed E-state index contributed by atoms with van der Waals surface area (Å²) in [5.74, 6) is 0.991. The van der Waals surface area contributed by atoms with Crippen molar-refractivity contribution in [2.75, 3.05) is 0 Å². The van der Waals surface area contributed by atoms with Gasteiger partial charge in [-0.3, -0.25) is 4.79 Å². The maximum Gasteiger partial charge on any atom is 0.260 e. The Balaban J connectivity index is 1.45. The molecule has 7 nitrogen and oxygen atoms in total. The van der Waals surface area contributed by atoms with Crippen LogP contribution in [0.25, 0.3) is 27.0 Å². The second-order valence-corrected chi connectivity index (χ2v) is 8.53. The van der Waals surface area contributed by atoms with Gasteiger partial charge in [-0.25, -0.2) is 4.98 Å². The fraction of sp³-hybridized carbons (Fsp3) is 0.0500. The number of aromatic nitrogens is 6. The molecule has 1 N–H and O–H groups in total. The smallest absolute Gasteiger partial charge is 0.260 e. The second-order valence-electron chi connectivity index (χ2n) is 6.32. The summed E-state index contributed by atoms with van der Waals surface area (Å²) in [6, 6.07) is 17.1. The molecule has 3 aromatic heterocycles. The van der Waals surface area contributed by atoms with Crippen LogP contribution in [-0.2, 0) is 5.75 Å². The molecule has 148 valence electrons. The summed E-state index contributed by atoms with van der Waals surface area (Å²) in [4.78, 5) is 21.0. The van der Waals surface area contributed by atoms with Gasteiger partial charge in [0.2, 0.25) is 5.16 Å². The Morgan fingerprint density at radius 2 is 1.87 bits per heavy atom. The van der Waals surface area contributed by atoms with E-state index in [1.54, 1.807) is 4.68 Å². The van der Waals surface area contributed by atoms with Gasteiger partial charge in [-0.15, -0.1) is 16.4 Å². The molecule has 0 unspecified atom stereocenters. The number of fused-ring (bicyclic) bond motifs is 1. The quantitative estimate of drug-likeness (QED) is 0.393. The lowest BCUT2D eigenvalue weighted by atomic mass is 10.1. The molecule has 5 aromatic rings. The third-order valence-corrected chi connectivity index (χ3v) is 6.57. The first-order valence-electron chi connectivity index (χ1n) is 8.92. The number of tetrazole rings is 1. The number of benzene rings is 2. The van der Waals surface area contributed by atoms with Crippen molar-refractivity contribution in [3.8, 4) is 16.8 Å². The summed E-state index contributed by atoms with van der Waals surface area (Å²) in [7, 11) is 0. The number of H-pyrrole nitrogens is 1. The molecule has 5 rings (SSSR count). The van der Waals surface area contributed by atoms with Crippen molar-refractivity contribution in [3.63, 3.8) is 0 Å². The highest BCUT2D eigenvalue weighted by atomic mass is 35.5. The van der Waals surface area contributed by atoms with Crippen LogP contribution in [0, 0.1) is 0 Å². The van der Waals surface area contributed by atoms with Crippen molar-refractivity contribution in [1.82, 2.24) is 30.2 Å². The van der Waals surface area contributed by atoms with Gasteiger partial charge in [0.1, 0.15) is 10.7 Å². The molecule has 0 radical (unpaired) electrons. The predicted octanol–water partition coefficient (Wildman–Crippen LogP) is 4.57. The lowest BCUT2D eigenvalue weighted by molar-refractivity contribution is 0.756. The molecule has 3 heterocycles. The average Bonchev–Trinajstić information content (AvgIpc) is 3.40. The number of aromatic amines is 1. The van der Waals surface area contributed by atoms with Crippen LogP contribution in [0.1, 0.15) is 5.82 Å². The fourth-order valence-corrected chi connectivity index (χ4v) is 5.03. The Labute approximate surface area is 183 Å². The Bertz CT molecular complexity index is 1400. The van der Waals surface area contributed by atoms with Crippen LogP contribution in [0.3, 0.4) is 0 Å². The lowest BCUT2D eigenvalue weighted by Gasteiger charge is -2.05. The van der Waals surface area contributed by atoms with Crippen molar-refractivity contribution in [2.45, 2.75) is 10.9 Å². The topological polar surface area (TPSA) is 89.4 Å². The molecule has 0 aliphatic carbocycles. The van der Waals surface area contributed by atoms with E-state index in [1.165, 1.54) is 23.1 Å². The van der Waals surface area contributed by atoms with Gasteiger partial charge < -0.3 is 4.98 Å². The predicted molar refractivity (Wildman–Crippen MR) is 119 cm³/mol. The summed E-state index contributed by atoms with van der Waals surface area (Å²) in [5.41, 5.74) is 2.29. The Morgan fingerprint density at radius 1 is 1.07 bits per heavy atom. The highest BCUT2D eigenvalue weighted by Gasteiger charge is 2.16. The van der Waals surface area contributed by atoms with Crippen LogP contribution in [0.5, 0.6) is 0 Å². The second kappa shape index (κ2) is 8.02. The van der Waals surface area contributed by atoms with E-state index in [1.807, 2.05) is 60.0 Å². The van der Waals surface area contributed by atoms with Gasteiger partial charge >= 0.3 is 0 Å². The molecule has 30 heavy (non-hydrogen) atoms. The zero-order valence-electron chi connectivity index (χ0n) is 15.3. The normalized spacial score (nSPS) is 11.2. The number of hydrogen-bond acceptors (Lipinski definition) is 7. The number of thiophene rings is 1. The highest BCUT2D eigenvalue weighted by Crippen LogP contribution is 2.35. The summed E-state index contributed by atoms with van der Waals surface area (Å²) >= 11 is 9.15. The minimum absolute atomic E-state index is 0.186. The van der Waals surface area contributed by atoms with Crippen LogP contribution < -0.4 is 5.56 Å². The highest BCUT2D eigenvalue weighted by molar-refractivity contribution is 7.98. The van der Waals surface area contributed by atoms with E-state index in [-0.39, 0.29) is 5.56 Å². The van der Waals surface area contributed by atoms with Crippen molar-refractivity contribution in [2.24, 2.45) is 0 Å². The van der Waals surface area contributed by atoms with E-state index in [4.69, 9.17) is 11.6 Å². The van der Waals surface area contributed by atoms with Crippen molar-refractivity contribution in [3.05, 3.63) is 81.2 Å². The SMILES string of the molecule is O=c1[nH]c(CSc2nnnn2-c2ccccc2)nc2scc(-c3ccccc3Cl)c12. The van der Waals surface area contributed by atoms with Crippen LogP contribution in [-0.4, -0.2) is 30.2 Å². The first-order valence-corrected chi connectivity index (χ1v) is 11.2. The number of para-hydroxylation sites is 1. The van der Waals surface area contributed by atoms with Crippen LogP contribution >= 0.6 is 34.7 Å². The van der Waals surface area contributed by atoms with Gasteiger partial charge in [-0.2, -0.15) is 4.68 Å². The number of nitrogens with zero attached hydrogens (tertiary/aromatic N) is 5. The van der Waals surface area contributed by atoms with E-state index < -0.39 is 0 Å². The number of halogens is 1. The molecule has 0 aliphatic rings. The zero-order chi connectivity index (χ0) is 20.5. The van der Waals surface area contributed by atoms with Gasteiger partial charge in [-0.1, -0.05) is 59.8 Å². The zero-order valence-corrected chi connectivity index (χ0v) is 17.7. The Kier molecular flexibility index (Phi) is 5.07. The minimum atomic E-state index is -0.186. The molecule has 0 fully saturated rings. The van der Waals surface area contributed by atoms with Crippen LogP contribution in [0.2, 0.25) is 5.02 Å². The third-order valence-electron chi connectivity index (χ3n) is 4.44. The fourth-order valence-electron chi connectivity index (χ4n) is 3.07. The molecule has 0 saturated heterocycles. The third kappa shape index (κ3) is 3.51. The molecule has 0 atom stereocenters. The van der Waals surface area contributed by atoms with Crippen molar-refractivity contribution < 1.29 is 0 Å². The van der Waals surface area contributed by atoms with Crippen molar-refractivity contribution in [1.29, 1.82) is 0 Å². The van der Waals surface area contributed by atoms with Gasteiger partial charge in [0.25, 0.3) is 5.56 Å². The summed E-state index contributed by atoms with van der Waals surface area (Å²) in [5, 5.41) is 15.6. The molecule has 0 aliphatic heterocycles. The first kappa shape index (κ1) is 19.0. The molecule has 0 saturated carbocycles. The number of rotatable bonds is 5. The molecule has 0 amide bonds. The van der Waals surface area contributed by atoms with E-state index in [9.17, 15) is 4.79 Å². The molecule has 10 heteroatoms. The van der Waals surface area contributed by atoms with Crippen molar-refractivity contribution >= 4 is 44.9 Å². The summed E-state index contributed by atoms with van der Waals surface area (Å²) < 4.78 is 1.65. The van der Waals surface area contributed by atoms with E-state index in [0.29, 0.717) is 32.0 Å². The van der Waals surface area contributed by atoms with E-state index in [2.05, 4.69) is 25.5 Å². The first-order chi connectivity index (χ1) is 14.7. The monoisotopic (exact) mass is 452 g/mol. The van der Waals surface area contributed by atoms with E-state index >= 15 is 0 Å². The Morgan fingerprint density at radius 3 is 2.70 bits per heavy atom. The molecular weight excluding hydrogens is 440 g/mol. The minimum Gasteiger partial charge on any atom is -0.309 e. The molecule has 2 aromatic carbocycles.